The minimum atomic E-state index is -3.55. The van der Waals surface area contributed by atoms with Gasteiger partial charge in [-0.1, -0.05) is 50.2 Å². The van der Waals surface area contributed by atoms with Crippen molar-refractivity contribution in [3.63, 3.8) is 0 Å². The van der Waals surface area contributed by atoms with Gasteiger partial charge in [0.15, 0.2) is 5.78 Å². The summed E-state index contributed by atoms with van der Waals surface area (Å²) in [6, 6.07) is 15.6. The molecule has 0 aromatic heterocycles. The minimum absolute atomic E-state index is 0.144. The molecule has 1 atom stereocenters. The molecule has 0 fully saturated rings. The number of hydrogen-bond acceptors (Lipinski definition) is 5. The molecule has 2 rings (SSSR count). The molecule has 0 spiro atoms. The highest BCUT2D eigenvalue weighted by atomic mass is 31.2. The van der Waals surface area contributed by atoms with E-state index in [4.69, 9.17) is 9.05 Å². The Bertz CT molecular complexity index is 769. The van der Waals surface area contributed by atoms with E-state index >= 15 is 0 Å². The van der Waals surface area contributed by atoms with Crippen LogP contribution in [-0.2, 0) is 13.6 Å². The summed E-state index contributed by atoms with van der Waals surface area (Å²) in [5, 5.41) is 12.4. The number of hydrogen-bond donors (Lipinski definition) is 2. The molecule has 0 amide bonds. The molecule has 0 heterocycles. The highest BCUT2D eigenvalue weighted by Crippen LogP contribution is 2.61. The maximum Gasteiger partial charge on any atom is 0.357 e. The predicted octanol–water partition coefficient (Wildman–Crippen LogP) is 5.54. The molecule has 0 aliphatic heterocycles. The molecule has 0 bridgehead atoms. The number of anilines is 1. The Kier molecular flexibility index (Phi) is 8.04. The van der Waals surface area contributed by atoms with E-state index < -0.39 is 19.3 Å². The topological polar surface area (TPSA) is 84.9 Å². The van der Waals surface area contributed by atoms with Gasteiger partial charge in [-0.3, -0.25) is 4.57 Å². The van der Waals surface area contributed by atoms with Gasteiger partial charge in [0.1, 0.15) is 0 Å². The van der Waals surface area contributed by atoms with E-state index in [-0.39, 0.29) is 5.56 Å². The Morgan fingerprint density at radius 1 is 1.04 bits per heavy atom. The standard InChI is InChI=1S/C20H26NO5P/c1-3-13-25-27(24,26-14-4-2)19(16-9-6-5-7-10-16)21-18-12-8-11-17(15-18)20(22)23/h5-12,15,19,21H,3-4,13-14H2,1-2H3,(H,22,23)/t19-/m0/s1. The SMILES string of the molecule is CCCOP(=O)(OCCC)[C@H](Nc1cccc(C(=O)O)c1)c1ccccc1. The van der Waals surface area contributed by atoms with E-state index in [1.165, 1.54) is 12.1 Å². The number of carboxylic acids is 1. The summed E-state index contributed by atoms with van der Waals surface area (Å²) in [5.74, 6) is -1.77. The van der Waals surface area contributed by atoms with Crippen LogP contribution in [0.5, 0.6) is 0 Å². The Morgan fingerprint density at radius 2 is 1.67 bits per heavy atom. The van der Waals surface area contributed by atoms with Gasteiger partial charge in [-0.15, -0.1) is 0 Å². The highest BCUT2D eigenvalue weighted by molar-refractivity contribution is 7.54. The molecule has 7 heteroatoms. The zero-order chi connectivity index (χ0) is 19.7. The fourth-order valence-electron chi connectivity index (χ4n) is 2.50. The Balaban J connectivity index is 2.42. The molecule has 0 saturated carbocycles. The largest absolute Gasteiger partial charge is 0.478 e. The quantitative estimate of drug-likeness (QED) is 0.489. The van der Waals surface area contributed by atoms with Crippen LogP contribution in [0.3, 0.4) is 0 Å². The second-order valence-corrected chi connectivity index (χ2v) is 8.16. The average Bonchev–Trinajstić information content (AvgIpc) is 2.69. The average molecular weight is 391 g/mol. The third-order valence-electron chi connectivity index (χ3n) is 3.80. The van der Waals surface area contributed by atoms with Crippen LogP contribution in [0.2, 0.25) is 0 Å². The third-order valence-corrected chi connectivity index (χ3v) is 5.94. The summed E-state index contributed by atoms with van der Waals surface area (Å²) in [7, 11) is -3.55. The Morgan fingerprint density at radius 3 is 2.22 bits per heavy atom. The molecule has 0 saturated heterocycles. The Hall–Kier alpha value is -2.14. The van der Waals surface area contributed by atoms with Gasteiger partial charge in [0.2, 0.25) is 0 Å². The lowest BCUT2D eigenvalue weighted by Crippen LogP contribution is -2.16. The van der Waals surface area contributed by atoms with Crippen molar-refractivity contribution in [2.24, 2.45) is 0 Å². The van der Waals surface area contributed by atoms with Crippen LogP contribution in [-0.4, -0.2) is 24.3 Å². The van der Waals surface area contributed by atoms with Gasteiger partial charge in [-0.2, -0.15) is 0 Å². The zero-order valence-corrected chi connectivity index (χ0v) is 16.5. The van der Waals surface area contributed by atoms with Crippen molar-refractivity contribution < 1.29 is 23.5 Å². The first-order valence-electron chi connectivity index (χ1n) is 9.03. The maximum absolute atomic E-state index is 13.6. The number of rotatable bonds is 11. The third kappa shape index (κ3) is 5.93. The van der Waals surface area contributed by atoms with E-state index in [0.717, 1.165) is 5.56 Å². The van der Waals surface area contributed by atoms with E-state index in [1.54, 1.807) is 12.1 Å². The van der Waals surface area contributed by atoms with Crippen LogP contribution in [0, 0.1) is 0 Å². The summed E-state index contributed by atoms with van der Waals surface area (Å²) in [6.45, 7) is 4.49. The van der Waals surface area contributed by atoms with Crippen molar-refractivity contribution in [1.29, 1.82) is 0 Å². The fourth-order valence-corrected chi connectivity index (χ4v) is 4.59. The number of aromatic carboxylic acids is 1. The van der Waals surface area contributed by atoms with E-state index in [9.17, 15) is 14.5 Å². The first-order chi connectivity index (χ1) is 13.0. The normalized spacial score (nSPS) is 12.5. The molecule has 0 unspecified atom stereocenters. The summed E-state index contributed by atoms with van der Waals surface area (Å²) in [4.78, 5) is 11.3. The number of nitrogens with one attached hydrogen (secondary N) is 1. The van der Waals surface area contributed by atoms with Crippen molar-refractivity contribution in [3.8, 4) is 0 Å². The first kappa shape index (κ1) is 21.2. The molecule has 2 aromatic rings. The minimum Gasteiger partial charge on any atom is -0.478 e. The molecule has 2 N–H and O–H groups in total. The van der Waals surface area contributed by atoms with Gasteiger partial charge < -0.3 is 19.5 Å². The van der Waals surface area contributed by atoms with Crippen LogP contribution >= 0.6 is 7.60 Å². The van der Waals surface area contributed by atoms with Gasteiger partial charge in [-0.25, -0.2) is 4.79 Å². The smallest absolute Gasteiger partial charge is 0.357 e. The monoisotopic (exact) mass is 391 g/mol. The van der Waals surface area contributed by atoms with Crippen molar-refractivity contribution in [3.05, 3.63) is 65.7 Å². The van der Waals surface area contributed by atoms with E-state index in [0.29, 0.717) is 31.7 Å². The molecule has 2 aromatic carbocycles. The maximum atomic E-state index is 13.6. The molecule has 27 heavy (non-hydrogen) atoms. The van der Waals surface area contributed by atoms with Crippen molar-refractivity contribution in [2.75, 3.05) is 18.5 Å². The van der Waals surface area contributed by atoms with Crippen LogP contribution in [0.4, 0.5) is 5.69 Å². The van der Waals surface area contributed by atoms with E-state index in [2.05, 4.69) is 5.32 Å². The number of carboxylic acid groups (broad SMARTS) is 1. The second-order valence-electron chi connectivity index (χ2n) is 6.05. The van der Waals surface area contributed by atoms with Crippen LogP contribution in [0.15, 0.2) is 54.6 Å². The van der Waals surface area contributed by atoms with Crippen molar-refractivity contribution in [2.45, 2.75) is 32.5 Å². The lowest BCUT2D eigenvalue weighted by Gasteiger charge is -2.28. The summed E-state index contributed by atoms with van der Waals surface area (Å²) >= 11 is 0. The molecule has 0 aliphatic rings. The fraction of sp³-hybridized carbons (Fsp3) is 0.350. The van der Waals surface area contributed by atoms with Gasteiger partial charge in [0, 0.05) is 5.69 Å². The highest BCUT2D eigenvalue weighted by Gasteiger charge is 2.37. The number of carbonyl (C=O) groups is 1. The van der Waals surface area contributed by atoms with E-state index in [1.807, 2.05) is 44.2 Å². The molecular weight excluding hydrogens is 365 g/mol. The Labute approximate surface area is 160 Å². The van der Waals surface area contributed by atoms with Crippen molar-refractivity contribution in [1.82, 2.24) is 0 Å². The van der Waals surface area contributed by atoms with Crippen LogP contribution in [0.25, 0.3) is 0 Å². The second kappa shape index (κ2) is 10.3. The van der Waals surface area contributed by atoms with Crippen molar-refractivity contribution >= 4 is 19.3 Å². The lowest BCUT2D eigenvalue weighted by atomic mass is 10.2. The van der Waals surface area contributed by atoms with Gasteiger partial charge in [0.25, 0.3) is 0 Å². The summed E-state index contributed by atoms with van der Waals surface area (Å²) < 4.78 is 25.0. The van der Waals surface area contributed by atoms with Gasteiger partial charge in [-0.05, 0) is 36.6 Å². The molecule has 6 nitrogen and oxygen atoms in total. The summed E-state index contributed by atoms with van der Waals surface area (Å²) in [5.41, 5.74) is 1.42. The van der Waals surface area contributed by atoms with Gasteiger partial charge in [0.05, 0.1) is 18.8 Å². The van der Waals surface area contributed by atoms with Crippen LogP contribution in [0.1, 0.15) is 48.4 Å². The molecule has 0 radical (unpaired) electrons. The lowest BCUT2D eigenvalue weighted by molar-refractivity contribution is 0.0697. The molecular formula is C20H26NO5P. The molecule has 0 aliphatic carbocycles. The molecule has 146 valence electrons. The zero-order valence-electron chi connectivity index (χ0n) is 15.6. The van der Waals surface area contributed by atoms with Crippen LogP contribution < -0.4 is 5.32 Å². The van der Waals surface area contributed by atoms with Gasteiger partial charge >= 0.3 is 13.6 Å². The number of benzene rings is 2. The first-order valence-corrected chi connectivity index (χ1v) is 10.6. The predicted molar refractivity (Wildman–Crippen MR) is 106 cm³/mol. The summed E-state index contributed by atoms with van der Waals surface area (Å²) in [6.07, 6.45) is 1.41.